The van der Waals surface area contributed by atoms with Crippen LogP contribution in [0.1, 0.15) is 70.6 Å². The van der Waals surface area contributed by atoms with Crippen LogP contribution in [0, 0.1) is 11.8 Å². The third-order valence-corrected chi connectivity index (χ3v) is 12.3. The monoisotopic (exact) mass is 776 g/mol. The van der Waals surface area contributed by atoms with E-state index in [9.17, 15) is 23.4 Å². The van der Waals surface area contributed by atoms with E-state index in [-0.39, 0.29) is 13.2 Å². The van der Waals surface area contributed by atoms with E-state index in [0.717, 1.165) is 36.0 Å². The number of nitrogens with zero attached hydrogens (tertiary/aromatic N) is 2. The molecule has 1 heterocycles. The van der Waals surface area contributed by atoms with Gasteiger partial charge in [-0.3, -0.25) is 9.13 Å². The largest absolute Gasteiger partial charge is 0.488 e. The normalized spacial score (nSPS) is 22.5. The first-order valence-corrected chi connectivity index (χ1v) is 22.1. The Morgan fingerprint density at radius 1 is 0.760 bits per heavy atom. The van der Waals surface area contributed by atoms with Gasteiger partial charge in [-0.25, -0.2) is 18.2 Å². The van der Waals surface area contributed by atoms with Crippen LogP contribution in [0.5, 0.6) is 0 Å². The van der Waals surface area contributed by atoms with Crippen LogP contribution in [0.4, 0.5) is 5.82 Å². The highest BCUT2D eigenvalue weighted by Gasteiger charge is 2.40. The highest BCUT2D eigenvalue weighted by molar-refractivity contribution is 7.68. The van der Waals surface area contributed by atoms with Crippen molar-refractivity contribution in [2.75, 3.05) is 71.0 Å². The molecule has 0 aliphatic heterocycles. The van der Waals surface area contributed by atoms with Crippen molar-refractivity contribution in [3.05, 3.63) is 22.7 Å². The maximum Gasteiger partial charge on any atom is 0.488 e. The zero-order valence-electron chi connectivity index (χ0n) is 28.6. The van der Waals surface area contributed by atoms with E-state index in [2.05, 4.69) is 24.2 Å². The van der Waals surface area contributed by atoms with Crippen molar-refractivity contribution in [3.63, 3.8) is 0 Å². The number of ether oxygens (including phenoxy) is 4. The van der Waals surface area contributed by atoms with Crippen molar-refractivity contribution in [2.24, 2.45) is 11.8 Å². The summed E-state index contributed by atoms with van der Waals surface area (Å²) in [5.41, 5.74) is -0.617. The van der Waals surface area contributed by atoms with Gasteiger partial charge in [0.1, 0.15) is 12.2 Å². The first-order chi connectivity index (χ1) is 23.8. The maximum absolute atomic E-state index is 12.2. The maximum atomic E-state index is 12.2. The van der Waals surface area contributed by atoms with Crippen molar-refractivity contribution in [1.29, 1.82) is 0 Å². The lowest BCUT2D eigenvalue weighted by atomic mass is 10.0. The zero-order valence-corrected chi connectivity index (χ0v) is 31.2. The Labute approximate surface area is 293 Å². The smallest absolute Gasteiger partial charge is 0.379 e. The number of nitrogens with one attached hydrogen (secondary N) is 2. The Kier molecular flexibility index (Phi) is 19.8. The van der Waals surface area contributed by atoms with Gasteiger partial charge in [-0.2, -0.15) is 9.29 Å². The predicted octanol–water partition coefficient (Wildman–Crippen LogP) is 3.60. The van der Waals surface area contributed by atoms with Crippen molar-refractivity contribution < 1.29 is 60.8 Å². The SMILES string of the molecule is O=c1nc(NCCCOCCOCCOCCCN[C@H]2CCCCCCCC3CC3C2)ccn1CCOCP(=O)(O)OP(=O)(O)OP(=O)(O)O. The molecule has 2 aliphatic rings. The number of fused-ring (bicyclic) bond motifs is 1. The second-order valence-electron chi connectivity index (χ2n) is 12.5. The molecule has 3 rings (SSSR count). The van der Waals surface area contributed by atoms with Crippen LogP contribution < -0.4 is 16.3 Å². The number of rotatable bonds is 25. The van der Waals surface area contributed by atoms with Crippen molar-refractivity contribution >= 4 is 29.1 Å². The van der Waals surface area contributed by atoms with Gasteiger partial charge >= 0.3 is 28.9 Å². The van der Waals surface area contributed by atoms with Crippen LogP contribution in [-0.2, 0) is 47.8 Å². The lowest BCUT2D eigenvalue weighted by Gasteiger charge is -2.19. The number of hydrogen-bond acceptors (Lipinski definition) is 13. The summed E-state index contributed by atoms with van der Waals surface area (Å²) in [5, 5.41) is 6.81. The molecule has 50 heavy (non-hydrogen) atoms. The lowest BCUT2D eigenvalue weighted by molar-refractivity contribution is 0.0141. The molecule has 2 fully saturated rings. The first-order valence-electron chi connectivity index (χ1n) is 17.3. The summed E-state index contributed by atoms with van der Waals surface area (Å²) in [6, 6.07) is 2.22. The molecule has 2 saturated carbocycles. The topological polar surface area (TPSA) is 246 Å². The Bertz CT molecular complexity index is 1320. The Morgan fingerprint density at radius 2 is 1.40 bits per heavy atom. The summed E-state index contributed by atoms with van der Waals surface area (Å²) >= 11 is 0. The summed E-state index contributed by atoms with van der Waals surface area (Å²) in [6.45, 7) is 4.38. The minimum absolute atomic E-state index is 0.0810. The van der Waals surface area contributed by atoms with Crippen LogP contribution in [0.25, 0.3) is 0 Å². The second-order valence-corrected chi connectivity index (χ2v) is 17.3. The van der Waals surface area contributed by atoms with E-state index >= 15 is 0 Å². The van der Waals surface area contributed by atoms with Gasteiger partial charge in [0.2, 0.25) is 0 Å². The highest BCUT2D eigenvalue weighted by Crippen LogP contribution is 2.65. The molecule has 0 amide bonds. The molecule has 5 atom stereocenters. The molecule has 18 nitrogen and oxygen atoms in total. The third kappa shape index (κ3) is 20.2. The summed E-state index contributed by atoms with van der Waals surface area (Å²) < 4.78 is 64.2. The quantitative estimate of drug-likeness (QED) is 0.0613. The summed E-state index contributed by atoms with van der Waals surface area (Å²) in [6.07, 6.45) is 14.5. The average molecular weight is 777 g/mol. The van der Waals surface area contributed by atoms with Crippen LogP contribution >= 0.6 is 23.2 Å². The summed E-state index contributed by atoms with van der Waals surface area (Å²) in [5.74, 6) is 2.30. The molecule has 1 aromatic heterocycles. The number of anilines is 1. The molecular formula is C29H55N4O14P3. The van der Waals surface area contributed by atoms with Crippen molar-refractivity contribution in [2.45, 2.75) is 83.2 Å². The molecule has 0 spiro atoms. The van der Waals surface area contributed by atoms with E-state index in [1.807, 2.05) is 0 Å². The van der Waals surface area contributed by atoms with E-state index in [1.165, 1.54) is 64.0 Å². The van der Waals surface area contributed by atoms with Gasteiger partial charge in [-0.15, -0.1) is 0 Å². The molecule has 4 unspecified atom stereocenters. The molecule has 6 N–H and O–H groups in total. The molecule has 21 heteroatoms. The fraction of sp³-hybridized carbons (Fsp3) is 0.862. The number of hydrogen-bond donors (Lipinski definition) is 6. The average Bonchev–Trinajstić information content (AvgIpc) is 3.76. The van der Waals surface area contributed by atoms with Crippen LogP contribution in [0.2, 0.25) is 0 Å². The molecule has 0 bridgehead atoms. The molecular weight excluding hydrogens is 721 g/mol. The minimum atomic E-state index is -5.54. The van der Waals surface area contributed by atoms with E-state index in [4.69, 9.17) is 33.6 Å². The molecule has 0 aromatic carbocycles. The first kappa shape index (κ1) is 43.3. The van der Waals surface area contributed by atoms with Gasteiger partial charge in [0.25, 0.3) is 0 Å². The number of aromatic nitrogens is 2. The molecule has 290 valence electrons. The molecule has 0 saturated heterocycles. The lowest BCUT2D eigenvalue weighted by Crippen LogP contribution is -2.31. The fourth-order valence-electron chi connectivity index (χ4n) is 5.74. The zero-order chi connectivity index (χ0) is 36.3. The Hall–Kier alpha value is -1.07. The molecule has 2 aliphatic carbocycles. The Balaban J connectivity index is 1.12. The van der Waals surface area contributed by atoms with Crippen molar-refractivity contribution in [3.8, 4) is 0 Å². The van der Waals surface area contributed by atoms with Gasteiger partial charge in [0, 0.05) is 32.0 Å². The van der Waals surface area contributed by atoms with E-state index in [0.29, 0.717) is 57.9 Å². The van der Waals surface area contributed by atoms with Gasteiger partial charge in [-0.05, 0) is 56.6 Å². The Morgan fingerprint density at radius 3 is 2.08 bits per heavy atom. The van der Waals surface area contributed by atoms with Gasteiger partial charge in [0.05, 0.1) is 39.6 Å². The second kappa shape index (κ2) is 22.9. The van der Waals surface area contributed by atoms with Crippen LogP contribution in [-0.4, -0.2) is 101 Å². The molecule has 0 radical (unpaired) electrons. The van der Waals surface area contributed by atoms with Gasteiger partial charge in [-0.1, -0.05) is 38.5 Å². The minimum Gasteiger partial charge on any atom is -0.379 e. The number of phosphoric acid groups is 2. The van der Waals surface area contributed by atoms with E-state index < -0.39 is 35.3 Å². The standard InChI is InChI=1S/C29H55N4O14P3/c34-29-32-28(10-13-33(29)14-17-45-24-48(35,36)46-50(40,41)47-49(37,38)39)31-12-7-16-43-19-21-44-20-18-42-15-6-11-30-27-9-5-3-1-2-4-8-25-22-26(25)23-27/h10,13,25-27,30H,1-9,11-12,14-24H2,(H,35,36)(H,40,41)(H,31,32,34)(H2,37,38,39)/t25?,26?,27-/m0/s1. The van der Waals surface area contributed by atoms with Crippen molar-refractivity contribution in [1.82, 2.24) is 14.9 Å². The fourth-order valence-corrected chi connectivity index (χ4v) is 9.04. The van der Waals surface area contributed by atoms with Crippen LogP contribution in [0.3, 0.4) is 0 Å². The third-order valence-electron chi connectivity index (χ3n) is 8.24. The van der Waals surface area contributed by atoms with E-state index in [1.54, 1.807) is 6.07 Å². The predicted molar refractivity (Wildman–Crippen MR) is 184 cm³/mol. The summed E-state index contributed by atoms with van der Waals surface area (Å²) in [7, 11) is -15.9. The van der Waals surface area contributed by atoms with Gasteiger partial charge < -0.3 is 49.2 Å². The molecule has 1 aromatic rings. The van der Waals surface area contributed by atoms with Crippen LogP contribution in [0.15, 0.2) is 17.1 Å². The highest BCUT2D eigenvalue weighted by atomic mass is 31.3. The van der Waals surface area contributed by atoms with Gasteiger partial charge in [0.15, 0.2) is 0 Å². The summed E-state index contributed by atoms with van der Waals surface area (Å²) in [4.78, 5) is 51.9.